The summed E-state index contributed by atoms with van der Waals surface area (Å²) in [4.78, 5) is 0. The molecule has 0 radical (unpaired) electrons. The standard InChI is InChI=1S/C13H21N5.ClH/c1-4-8-18-12(6-7-15-18)9-14-13-10-16-17(5-2)11(13)3;/h6-7,10,14H,4-5,8-9H2,1-3H3;1H. The first kappa shape index (κ1) is 15.6. The summed E-state index contributed by atoms with van der Waals surface area (Å²) in [5, 5.41) is 12.1. The predicted octanol–water partition coefficient (Wildman–Crippen LogP) is 2.85. The molecule has 2 heterocycles. The number of hydrogen-bond donors (Lipinski definition) is 1. The monoisotopic (exact) mass is 283 g/mol. The van der Waals surface area contributed by atoms with Crippen molar-refractivity contribution in [2.45, 2.75) is 46.8 Å². The first-order chi connectivity index (χ1) is 8.76. The zero-order valence-electron chi connectivity index (χ0n) is 11.8. The average molecular weight is 284 g/mol. The van der Waals surface area contributed by atoms with Crippen molar-refractivity contribution in [3.05, 3.63) is 29.8 Å². The molecular formula is C13H22ClN5. The topological polar surface area (TPSA) is 47.7 Å². The van der Waals surface area contributed by atoms with Gasteiger partial charge in [-0.3, -0.25) is 9.36 Å². The second-order valence-corrected chi connectivity index (χ2v) is 4.36. The Morgan fingerprint density at radius 2 is 2.00 bits per heavy atom. The van der Waals surface area contributed by atoms with E-state index in [1.54, 1.807) is 0 Å². The average Bonchev–Trinajstić information content (AvgIpc) is 2.94. The van der Waals surface area contributed by atoms with Crippen molar-refractivity contribution in [2.24, 2.45) is 0 Å². The minimum Gasteiger partial charge on any atom is -0.377 e. The fourth-order valence-corrected chi connectivity index (χ4v) is 2.05. The zero-order chi connectivity index (χ0) is 13.0. The third kappa shape index (κ3) is 3.50. The van der Waals surface area contributed by atoms with E-state index in [9.17, 15) is 0 Å². The summed E-state index contributed by atoms with van der Waals surface area (Å²) in [7, 11) is 0. The molecule has 0 unspecified atom stereocenters. The van der Waals surface area contributed by atoms with Crippen LogP contribution in [0.1, 0.15) is 31.7 Å². The lowest BCUT2D eigenvalue weighted by molar-refractivity contribution is 0.578. The highest BCUT2D eigenvalue weighted by atomic mass is 35.5. The van der Waals surface area contributed by atoms with E-state index in [1.807, 2.05) is 21.8 Å². The van der Waals surface area contributed by atoms with Gasteiger partial charge in [-0.25, -0.2) is 0 Å². The summed E-state index contributed by atoms with van der Waals surface area (Å²) in [6, 6.07) is 2.06. The summed E-state index contributed by atoms with van der Waals surface area (Å²) in [5.41, 5.74) is 3.49. The molecule has 106 valence electrons. The Hall–Kier alpha value is -1.49. The van der Waals surface area contributed by atoms with Crippen molar-refractivity contribution < 1.29 is 0 Å². The number of rotatable bonds is 6. The highest BCUT2D eigenvalue weighted by Crippen LogP contribution is 2.14. The van der Waals surface area contributed by atoms with Crippen molar-refractivity contribution in [1.29, 1.82) is 0 Å². The van der Waals surface area contributed by atoms with Crippen LogP contribution >= 0.6 is 12.4 Å². The molecular weight excluding hydrogens is 262 g/mol. The molecule has 0 saturated heterocycles. The molecule has 0 bridgehead atoms. The molecule has 0 aliphatic heterocycles. The van der Waals surface area contributed by atoms with E-state index in [4.69, 9.17) is 0 Å². The highest BCUT2D eigenvalue weighted by Gasteiger charge is 2.06. The van der Waals surface area contributed by atoms with Crippen LogP contribution in [0, 0.1) is 6.92 Å². The molecule has 0 atom stereocenters. The van der Waals surface area contributed by atoms with E-state index in [-0.39, 0.29) is 12.4 Å². The summed E-state index contributed by atoms with van der Waals surface area (Å²) >= 11 is 0. The van der Waals surface area contributed by atoms with Gasteiger partial charge in [0.05, 0.1) is 29.8 Å². The molecule has 5 nitrogen and oxygen atoms in total. The molecule has 0 aliphatic carbocycles. The van der Waals surface area contributed by atoms with Gasteiger partial charge in [0.25, 0.3) is 0 Å². The Balaban J connectivity index is 0.00000180. The molecule has 0 saturated carbocycles. The minimum atomic E-state index is 0. The maximum atomic E-state index is 4.32. The number of aryl methyl sites for hydroxylation is 2. The lowest BCUT2D eigenvalue weighted by Gasteiger charge is -2.08. The number of anilines is 1. The molecule has 1 N–H and O–H groups in total. The van der Waals surface area contributed by atoms with Crippen LogP contribution in [0.2, 0.25) is 0 Å². The lowest BCUT2D eigenvalue weighted by Crippen LogP contribution is -2.09. The fraction of sp³-hybridized carbons (Fsp3) is 0.538. The number of nitrogens with zero attached hydrogens (tertiary/aromatic N) is 4. The van der Waals surface area contributed by atoms with Gasteiger partial charge in [0.1, 0.15) is 0 Å². The molecule has 0 aromatic carbocycles. The summed E-state index contributed by atoms with van der Waals surface area (Å²) in [6.07, 6.45) is 4.84. The van der Waals surface area contributed by atoms with Gasteiger partial charge in [-0.2, -0.15) is 10.2 Å². The van der Waals surface area contributed by atoms with E-state index in [1.165, 1.54) is 11.4 Å². The first-order valence-electron chi connectivity index (χ1n) is 6.53. The van der Waals surface area contributed by atoms with Crippen molar-refractivity contribution >= 4 is 18.1 Å². The molecule has 2 aromatic heterocycles. The Labute approximate surface area is 120 Å². The summed E-state index contributed by atoms with van der Waals surface area (Å²) in [5.74, 6) is 0. The number of hydrogen-bond acceptors (Lipinski definition) is 3. The molecule has 2 rings (SSSR count). The van der Waals surface area contributed by atoms with Crippen LogP contribution in [0.15, 0.2) is 18.5 Å². The van der Waals surface area contributed by atoms with Gasteiger partial charge in [0.2, 0.25) is 0 Å². The van der Waals surface area contributed by atoms with Crippen LogP contribution in [0.5, 0.6) is 0 Å². The van der Waals surface area contributed by atoms with Crippen LogP contribution < -0.4 is 5.32 Å². The van der Waals surface area contributed by atoms with Gasteiger partial charge in [-0.1, -0.05) is 6.92 Å². The third-order valence-corrected chi connectivity index (χ3v) is 3.10. The van der Waals surface area contributed by atoms with Gasteiger partial charge in [-0.05, 0) is 26.3 Å². The van der Waals surface area contributed by atoms with E-state index < -0.39 is 0 Å². The van der Waals surface area contributed by atoms with Crippen LogP contribution in [0.25, 0.3) is 0 Å². The second-order valence-electron chi connectivity index (χ2n) is 4.36. The first-order valence-corrected chi connectivity index (χ1v) is 6.53. The lowest BCUT2D eigenvalue weighted by atomic mass is 10.3. The van der Waals surface area contributed by atoms with Crippen molar-refractivity contribution in [2.75, 3.05) is 5.32 Å². The Kier molecular flexibility index (Phi) is 5.89. The van der Waals surface area contributed by atoms with Crippen LogP contribution in [-0.2, 0) is 19.6 Å². The largest absolute Gasteiger partial charge is 0.377 e. The van der Waals surface area contributed by atoms with Crippen molar-refractivity contribution in [3.8, 4) is 0 Å². The normalized spacial score (nSPS) is 10.3. The molecule has 0 fully saturated rings. The van der Waals surface area contributed by atoms with E-state index in [2.05, 4.69) is 42.4 Å². The molecule has 6 heteroatoms. The van der Waals surface area contributed by atoms with Gasteiger partial charge in [0.15, 0.2) is 0 Å². The molecule has 0 amide bonds. The fourth-order valence-electron chi connectivity index (χ4n) is 2.05. The van der Waals surface area contributed by atoms with E-state index in [0.717, 1.165) is 31.7 Å². The SMILES string of the molecule is CCCn1nccc1CNc1cnn(CC)c1C.Cl. The minimum absolute atomic E-state index is 0. The van der Waals surface area contributed by atoms with Gasteiger partial charge in [0, 0.05) is 19.3 Å². The molecule has 0 spiro atoms. The van der Waals surface area contributed by atoms with E-state index in [0.29, 0.717) is 0 Å². The van der Waals surface area contributed by atoms with Crippen LogP contribution in [-0.4, -0.2) is 19.6 Å². The van der Waals surface area contributed by atoms with Crippen molar-refractivity contribution in [1.82, 2.24) is 19.6 Å². The summed E-state index contributed by atoms with van der Waals surface area (Å²) in [6.45, 7) is 9.01. The number of nitrogens with one attached hydrogen (secondary N) is 1. The highest BCUT2D eigenvalue weighted by molar-refractivity contribution is 5.85. The Bertz CT molecular complexity index is 503. The van der Waals surface area contributed by atoms with Crippen molar-refractivity contribution in [3.63, 3.8) is 0 Å². The number of halogens is 1. The zero-order valence-corrected chi connectivity index (χ0v) is 12.6. The Morgan fingerprint density at radius 3 is 2.63 bits per heavy atom. The van der Waals surface area contributed by atoms with Gasteiger partial charge >= 0.3 is 0 Å². The number of aromatic nitrogens is 4. The summed E-state index contributed by atoms with van der Waals surface area (Å²) < 4.78 is 4.04. The quantitative estimate of drug-likeness (QED) is 0.887. The van der Waals surface area contributed by atoms with Gasteiger partial charge in [-0.15, -0.1) is 12.4 Å². The maximum Gasteiger partial charge on any atom is 0.0759 e. The van der Waals surface area contributed by atoms with Crippen LogP contribution in [0.4, 0.5) is 5.69 Å². The van der Waals surface area contributed by atoms with E-state index >= 15 is 0 Å². The molecule has 2 aromatic rings. The third-order valence-electron chi connectivity index (χ3n) is 3.10. The predicted molar refractivity (Wildman–Crippen MR) is 79.7 cm³/mol. The smallest absolute Gasteiger partial charge is 0.0759 e. The van der Waals surface area contributed by atoms with Crippen LogP contribution in [0.3, 0.4) is 0 Å². The van der Waals surface area contributed by atoms with Gasteiger partial charge < -0.3 is 5.32 Å². The Morgan fingerprint density at radius 1 is 1.21 bits per heavy atom. The molecule has 0 aliphatic rings. The second kappa shape index (κ2) is 7.19. The molecule has 19 heavy (non-hydrogen) atoms. The maximum absolute atomic E-state index is 4.32.